The standard InChI is InChI=1S/C11H19ClO3S/c1-10(2)4-3-9(15-8-10)7-11(5-6-11)16(12,13)14/h9H,3-8H2,1-2H3. The molecule has 1 aliphatic heterocycles. The summed E-state index contributed by atoms with van der Waals surface area (Å²) in [6.07, 6.45) is 4.08. The summed E-state index contributed by atoms with van der Waals surface area (Å²) in [5.74, 6) is 0. The molecule has 1 saturated carbocycles. The van der Waals surface area contributed by atoms with Crippen molar-refractivity contribution in [2.75, 3.05) is 6.61 Å². The first-order valence-electron chi connectivity index (χ1n) is 5.80. The highest BCUT2D eigenvalue weighted by molar-refractivity contribution is 8.15. The van der Waals surface area contributed by atoms with Crippen LogP contribution < -0.4 is 0 Å². The molecule has 94 valence electrons. The molecule has 1 heterocycles. The molecule has 2 fully saturated rings. The van der Waals surface area contributed by atoms with Crippen LogP contribution in [0.2, 0.25) is 0 Å². The van der Waals surface area contributed by atoms with E-state index >= 15 is 0 Å². The van der Waals surface area contributed by atoms with Crippen molar-refractivity contribution in [3.63, 3.8) is 0 Å². The minimum Gasteiger partial charge on any atom is -0.378 e. The second-order valence-corrected chi connectivity index (χ2v) is 8.92. The fraction of sp³-hybridized carbons (Fsp3) is 1.00. The first kappa shape index (κ1) is 12.7. The maximum Gasteiger partial charge on any atom is 0.238 e. The molecule has 0 N–H and O–H groups in total. The van der Waals surface area contributed by atoms with Crippen LogP contribution >= 0.6 is 10.7 Å². The highest BCUT2D eigenvalue weighted by Gasteiger charge is 2.55. The van der Waals surface area contributed by atoms with E-state index in [1.165, 1.54) is 0 Å². The van der Waals surface area contributed by atoms with Crippen LogP contribution in [0.25, 0.3) is 0 Å². The van der Waals surface area contributed by atoms with E-state index in [0.29, 0.717) is 19.3 Å². The van der Waals surface area contributed by atoms with Crippen LogP contribution in [0.5, 0.6) is 0 Å². The van der Waals surface area contributed by atoms with Gasteiger partial charge in [0.15, 0.2) is 0 Å². The number of hydrogen-bond donors (Lipinski definition) is 0. The molecule has 0 radical (unpaired) electrons. The van der Waals surface area contributed by atoms with E-state index in [1.54, 1.807) is 0 Å². The van der Waals surface area contributed by atoms with Gasteiger partial charge in [0.05, 0.1) is 17.5 Å². The first-order chi connectivity index (χ1) is 7.24. The van der Waals surface area contributed by atoms with Gasteiger partial charge < -0.3 is 4.74 Å². The summed E-state index contributed by atoms with van der Waals surface area (Å²) >= 11 is 0. The maximum absolute atomic E-state index is 11.4. The molecule has 3 nitrogen and oxygen atoms in total. The lowest BCUT2D eigenvalue weighted by Gasteiger charge is -2.35. The van der Waals surface area contributed by atoms with Crippen LogP contribution in [0.1, 0.15) is 46.0 Å². The van der Waals surface area contributed by atoms with Crippen molar-refractivity contribution < 1.29 is 13.2 Å². The van der Waals surface area contributed by atoms with E-state index < -0.39 is 13.8 Å². The van der Waals surface area contributed by atoms with Crippen LogP contribution in [-0.4, -0.2) is 25.9 Å². The van der Waals surface area contributed by atoms with Crippen molar-refractivity contribution in [3.05, 3.63) is 0 Å². The lowest BCUT2D eigenvalue weighted by atomic mass is 9.84. The summed E-state index contributed by atoms with van der Waals surface area (Å²) in [6.45, 7) is 5.07. The van der Waals surface area contributed by atoms with Gasteiger partial charge in [-0.3, -0.25) is 0 Å². The van der Waals surface area contributed by atoms with E-state index in [2.05, 4.69) is 13.8 Å². The van der Waals surface area contributed by atoms with Gasteiger partial charge in [-0.1, -0.05) is 13.8 Å². The topological polar surface area (TPSA) is 43.4 Å². The Morgan fingerprint density at radius 1 is 1.31 bits per heavy atom. The van der Waals surface area contributed by atoms with Crippen molar-refractivity contribution in [1.29, 1.82) is 0 Å². The molecule has 0 spiro atoms. The Morgan fingerprint density at radius 3 is 2.31 bits per heavy atom. The van der Waals surface area contributed by atoms with Gasteiger partial charge in [-0.15, -0.1) is 0 Å². The molecule has 1 aliphatic carbocycles. The van der Waals surface area contributed by atoms with Crippen LogP contribution in [-0.2, 0) is 13.8 Å². The largest absolute Gasteiger partial charge is 0.378 e. The summed E-state index contributed by atoms with van der Waals surface area (Å²) < 4.78 is 27.9. The third kappa shape index (κ3) is 2.54. The molecule has 0 aromatic carbocycles. The zero-order valence-electron chi connectivity index (χ0n) is 9.83. The van der Waals surface area contributed by atoms with Gasteiger partial charge in [-0.25, -0.2) is 8.42 Å². The zero-order valence-corrected chi connectivity index (χ0v) is 11.4. The molecule has 0 aromatic heterocycles. The van der Waals surface area contributed by atoms with Crippen molar-refractivity contribution in [2.24, 2.45) is 5.41 Å². The highest BCUT2D eigenvalue weighted by atomic mass is 35.7. The summed E-state index contributed by atoms with van der Waals surface area (Å²) in [6, 6.07) is 0. The second-order valence-electron chi connectivity index (χ2n) is 5.96. The fourth-order valence-corrected chi connectivity index (χ4v) is 3.94. The fourth-order valence-electron chi connectivity index (χ4n) is 2.31. The third-order valence-corrected chi connectivity index (χ3v) is 6.37. The first-order valence-corrected chi connectivity index (χ1v) is 8.11. The van der Waals surface area contributed by atoms with Gasteiger partial charge >= 0.3 is 0 Å². The highest BCUT2D eigenvalue weighted by Crippen LogP contribution is 2.50. The SMILES string of the molecule is CC1(C)CCC(CC2(S(=O)(=O)Cl)CC2)OC1. The van der Waals surface area contributed by atoms with Crippen molar-refractivity contribution >= 4 is 19.7 Å². The van der Waals surface area contributed by atoms with E-state index in [4.69, 9.17) is 15.4 Å². The molecule has 2 rings (SSSR count). The van der Waals surface area contributed by atoms with E-state index in [-0.39, 0.29) is 11.5 Å². The van der Waals surface area contributed by atoms with Gasteiger partial charge in [0.25, 0.3) is 0 Å². The number of rotatable bonds is 3. The third-order valence-electron chi connectivity index (χ3n) is 3.78. The average molecular weight is 267 g/mol. The molecule has 0 amide bonds. The Kier molecular flexibility index (Phi) is 3.05. The second kappa shape index (κ2) is 3.85. The van der Waals surface area contributed by atoms with Crippen molar-refractivity contribution in [1.82, 2.24) is 0 Å². The van der Waals surface area contributed by atoms with Crippen molar-refractivity contribution in [2.45, 2.75) is 56.8 Å². The molecule has 1 atom stereocenters. The lowest BCUT2D eigenvalue weighted by molar-refractivity contribution is -0.0522. The minimum atomic E-state index is -3.43. The Labute approximate surface area is 102 Å². The van der Waals surface area contributed by atoms with Gasteiger partial charge in [-0.05, 0) is 37.5 Å². The van der Waals surface area contributed by atoms with Gasteiger partial charge in [-0.2, -0.15) is 0 Å². The molecule has 0 bridgehead atoms. The molecule has 5 heteroatoms. The van der Waals surface area contributed by atoms with Crippen LogP contribution in [0.3, 0.4) is 0 Å². The molecular weight excluding hydrogens is 248 g/mol. The monoisotopic (exact) mass is 266 g/mol. The van der Waals surface area contributed by atoms with E-state index in [9.17, 15) is 8.42 Å². The number of hydrogen-bond acceptors (Lipinski definition) is 3. The smallest absolute Gasteiger partial charge is 0.238 e. The molecule has 0 aromatic rings. The Hall–Kier alpha value is 0.200. The van der Waals surface area contributed by atoms with Gasteiger partial charge in [0, 0.05) is 10.7 Å². The molecule has 16 heavy (non-hydrogen) atoms. The van der Waals surface area contributed by atoms with Crippen LogP contribution in [0.4, 0.5) is 0 Å². The van der Waals surface area contributed by atoms with Gasteiger partial charge in [0.1, 0.15) is 0 Å². The summed E-state index contributed by atoms with van der Waals surface area (Å²) in [7, 11) is 2.05. The quantitative estimate of drug-likeness (QED) is 0.738. The summed E-state index contributed by atoms with van der Waals surface area (Å²) in [4.78, 5) is 0. The average Bonchev–Trinajstić information content (AvgIpc) is 2.89. The molecule has 2 aliphatic rings. The Morgan fingerprint density at radius 2 is 1.94 bits per heavy atom. The summed E-state index contributed by atoms with van der Waals surface area (Å²) in [5, 5.41) is 0. The molecular formula is C11H19ClO3S. The molecule has 1 saturated heterocycles. The molecule has 1 unspecified atom stereocenters. The number of ether oxygens (including phenoxy) is 1. The van der Waals surface area contributed by atoms with E-state index in [1.807, 2.05) is 0 Å². The Bertz CT molecular complexity index is 361. The van der Waals surface area contributed by atoms with Gasteiger partial charge in [0.2, 0.25) is 9.05 Å². The number of halogens is 1. The zero-order chi connectivity index (χ0) is 12.0. The summed E-state index contributed by atoms with van der Waals surface area (Å²) in [5.41, 5.74) is 0.229. The van der Waals surface area contributed by atoms with Crippen molar-refractivity contribution in [3.8, 4) is 0 Å². The Balaban J connectivity index is 1.93. The minimum absolute atomic E-state index is 0.0732. The predicted octanol–water partition coefficient (Wildman–Crippen LogP) is 2.68. The predicted molar refractivity (Wildman–Crippen MR) is 64.1 cm³/mol. The van der Waals surface area contributed by atoms with E-state index in [0.717, 1.165) is 19.4 Å². The lowest BCUT2D eigenvalue weighted by Crippen LogP contribution is -2.35. The maximum atomic E-state index is 11.4. The van der Waals surface area contributed by atoms with Crippen LogP contribution in [0, 0.1) is 5.41 Å². The van der Waals surface area contributed by atoms with Crippen LogP contribution in [0.15, 0.2) is 0 Å². The normalized spacial score (nSPS) is 32.3.